The number of rotatable bonds is 2. The molecule has 0 saturated carbocycles. The largest absolute Gasteiger partial charge is 0.354 e. The number of aromatic nitrogens is 3. The van der Waals surface area contributed by atoms with E-state index >= 15 is 0 Å². The van der Waals surface area contributed by atoms with Crippen LogP contribution in [0.2, 0.25) is 10.0 Å². The smallest absolute Gasteiger partial charge is 0.180 e. The summed E-state index contributed by atoms with van der Waals surface area (Å²) in [4.78, 5) is 11.5. The average molecular weight is 361 g/mol. The molecule has 0 radical (unpaired) electrons. The molecule has 6 heteroatoms. The lowest BCUT2D eigenvalue weighted by Crippen LogP contribution is -2.33. The van der Waals surface area contributed by atoms with Gasteiger partial charge in [0.05, 0.1) is 21.9 Å². The number of anilines is 1. The van der Waals surface area contributed by atoms with Crippen molar-refractivity contribution in [2.24, 2.45) is 5.92 Å². The third kappa shape index (κ3) is 2.64. The fourth-order valence-electron chi connectivity index (χ4n) is 3.25. The second kappa shape index (κ2) is 6.26. The summed E-state index contributed by atoms with van der Waals surface area (Å²) < 4.78 is 2.04. The highest BCUT2D eigenvalue weighted by atomic mass is 35.5. The van der Waals surface area contributed by atoms with E-state index in [-0.39, 0.29) is 0 Å². The van der Waals surface area contributed by atoms with Crippen LogP contribution in [0.3, 0.4) is 0 Å². The van der Waals surface area contributed by atoms with Crippen LogP contribution in [0.15, 0.2) is 36.8 Å². The second-order valence-electron chi connectivity index (χ2n) is 6.36. The van der Waals surface area contributed by atoms with Crippen LogP contribution in [-0.2, 0) is 0 Å². The Balaban J connectivity index is 1.81. The van der Waals surface area contributed by atoms with Crippen LogP contribution in [0.1, 0.15) is 19.8 Å². The van der Waals surface area contributed by atoms with Crippen molar-refractivity contribution in [3.05, 3.63) is 46.8 Å². The predicted molar refractivity (Wildman–Crippen MR) is 99.1 cm³/mol. The highest BCUT2D eigenvalue weighted by Gasteiger charge is 2.21. The standard InChI is InChI=1S/C18H18Cl2N4/c1-12-5-8-23(9-6-12)17-18-22-11-15(24(18)10-7-21-17)13-3-2-4-14(19)16(13)20/h2-4,7,10-12H,5-6,8-9H2,1H3. The van der Waals surface area contributed by atoms with Gasteiger partial charge in [-0.15, -0.1) is 0 Å². The Morgan fingerprint density at radius 3 is 2.71 bits per heavy atom. The zero-order valence-corrected chi connectivity index (χ0v) is 14.9. The topological polar surface area (TPSA) is 33.4 Å². The second-order valence-corrected chi connectivity index (χ2v) is 7.14. The van der Waals surface area contributed by atoms with Crippen LogP contribution in [0.5, 0.6) is 0 Å². The fraction of sp³-hybridized carbons (Fsp3) is 0.333. The Morgan fingerprint density at radius 2 is 1.92 bits per heavy atom. The van der Waals surface area contributed by atoms with Crippen molar-refractivity contribution in [1.82, 2.24) is 14.4 Å². The minimum atomic E-state index is 0.545. The molecule has 1 fully saturated rings. The van der Waals surface area contributed by atoms with E-state index in [1.165, 1.54) is 12.8 Å². The molecule has 1 saturated heterocycles. The number of hydrogen-bond donors (Lipinski definition) is 0. The summed E-state index contributed by atoms with van der Waals surface area (Å²) in [6.45, 7) is 4.35. The number of nitrogens with zero attached hydrogens (tertiary/aromatic N) is 4. The van der Waals surface area contributed by atoms with E-state index < -0.39 is 0 Å². The third-order valence-electron chi connectivity index (χ3n) is 4.72. The Hall–Kier alpha value is -1.78. The molecule has 3 aromatic rings. The minimum absolute atomic E-state index is 0.545. The zero-order valence-electron chi connectivity index (χ0n) is 13.4. The fourth-order valence-corrected chi connectivity index (χ4v) is 3.65. The van der Waals surface area contributed by atoms with Crippen LogP contribution in [0.25, 0.3) is 16.9 Å². The first kappa shape index (κ1) is 15.7. The molecular weight excluding hydrogens is 343 g/mol. The molecular formula is C18H18Cl2N4. The van der Waals surface area contributed by atoms with Crippen LogP contribution in [0, 0.1) is 5.92 Å². The van der Waals surface area contributed by atoms with Gasteiger partial charge in [0.1, 0.15) is 0 Å². The zero-order chi connectivity index (χ0) is 16.7. The van der Waals surface area contributed by atoms with E-state index in [1.54, 1.807) is 6.07 Å². The molecule has 3 heterocycles. The SMILES string of the molecule is CC1CCN(c2nccn3c(-c4cccc(Cl)c4Cl)cnc23)CC1. The lowest BCUT2D eigenvalue weighted by atomic mass is 9.99. The summed E-state index contributed by atoms with van der Waals surface area (Å²) in [5.74, 6) is 1.72. The Morgan fingerprint density at radius 1 is 1.12 bits per heavy atom. The molecule has 0 aliphatic carbocycles. The van der Waals surface area contributed by atoms with E-state index in [1.807, 2.05) is 35.1 Å². The van der Waals surface area contributed by atoms with E-state index in [0.29, 0.717) is 10.0 Å². The number of imidazole rings is 1. The van der Waals surface area contributed by atoms with Crippen LogP contribution in [0.4, 0.5) is 5.82 Å². The molecule has 1 aliphatic rings. The van der Waals surface area contributed by atoms with E-state index in [0.717, 1.165) is 41.7 Å². The third-order valence-corrected chi connectivity index (χ3v) is 5.54. The van der Waals surface area contributed by atoms with Gasteiger partial charge < -0.3 is 4.90 Å². The summed E-state index contributed by atoms with van der Waals surface area (Å²) in [6.07, 6.45) is 7.96. The van der Waals surface area contributed by atoms with Crippen molar-refractivity contribution >= 4 is 34.7 Å². The lowest BCUT2D eigenvalue weighted by Gasteiger charge is -2.31. The van der Waals surface area contributed by atoms with Crippen molar-refractivity contribution in [3.8, 4) is 11.3 Å². The quantitative estimate of drug-likeness (QED) is 0.648. The summed E-state index contributed by atoms with van der Waals surface area (Å²) in [7, 11) is 0. The van der Waals surface area contributed by atoms with Crippen molar-refractivity contribution < 1.29 is 0 Å². The summed E-state index contributed by atoms with van der Waals surface area (Å²) in [5, 5.41) is 1.09. The van der Waals surface area contributed by atoms with Gasteiger partial charge in [0, 0.05) is 31.0 Å². The summed E-state index contributed by atoms with van der Waals surface area (Å²) >= 11 is 12.6. The first-order valence-electron chi connectivity index (χ1n) is 8.16. The molecule has 124 valence electrons. The Labute approximate surface area is 151 Å². The van der Waals surface area contributed by atoms with Gasteiger partial charge >= 0.3 is 0 Å². The molecule has 4 nitrogen and oxygen atoms in total. The van der Waals surface area contributed by atoms with Gasteiger partial charge in [0.25, 0.3) is 0 Å². The van der Waals surface area contributed by atoms with Gasteiger partial charge in [0.2, 0.25) is 0 Å². The minimum Gasteiger partial charge on any atom is -0.354 e. The normalized spacial score (nSPS) is 16.0. The van der Waals surface area contributed by atoms with Gasteiger partial charge in [-0.25, -0.2) is 9.97 Å². The number of piperidine rings is 1. The van der Waals surface area contributed by atoms with Gasteiger partial charge in [-0.3, -0.25) is 4.40 Å². The molecule has 0 atom stereocenters. The molecule has 0 amide bonds. The number of fused-ring (bicyclic) bond motifs is 1. The number of halogens is 2. The lowest BCUT2D eigenvalue weighted by molar-refractivity contribution is 0.437. The van der Waals surface area contributed by atoms with Crippen molar-refractivity contribution in [2.45, 2.75) is 19.8 Å². The number of benzene rings is 1. The highest BCUT2D eigenvalue weighted by molar-refractivity contribution is 6.43. The van der Waals surface area contributed by atoms with Gasteiger partial charge in [-0.05, 0) is 24.8 Å². The molecule has 4 rings (SSSR count). The van der Waals surface area contributed by atoms with Crippen LogP contribution < -0.4 is 4.90 Å². The first-order valence-corrected chi connectivity index (χ1v) is 8.92. The number of hydrogen-bond acceptors (Lipinski definition) is 3. The molecule has 2 aromatic heterocycles. The van der Waals surface area contributed by atoms with Crippen molar-refractivity contribution in [1.29, 1.82) is 0 Å². The Bertz CT molecular complexity index is 882. The maximum Gasteiger partial charge on any atom is 0.180 e. The maximum absolute atomic E-state index is 6.39. The first-order chi connectivity index (χ1) is 11.6. The van der Waals surface area contributed by atoms with E-state index in [4.69, 9.17) is 23.2 Å². The molecule has 1 aliphatic heterocycles. The molecule has 0 bridgehead atoms. The summed E-state index contributed by atoms with van der Waals surface area (Å²) in [5.41, 5.74) is 2.66. The van der Waals surface area contributed by atoms with Crippen LogP contribution in [-0.4, -0.2) is 27.5 Å². The van der Waals surface area contributed by atoms with Crippen molar-refractivity contribution in [2.75, 3.05) is 18.0 Å². The van der Waals surface area contributed by atoms with E-state index in [2.05, 4.69) is 21.8 Å². The van der Waals surface area contributed by atoms with Gasteiger partial charge in [-0.2, -0.15) is 0 Å². The average Bonchev–Trinajstić information content (AvgIpc) is 3.02. The van der Waals surface area contributed by atoms with Crippen molar-refractivity contribution in [3.63, 3.8) is 0 Å². The van der Waals surface area contributed by atoms with Gasteiger partial charge in [-0.1, -0.05) is 42.3 Å². The predicted octanol–water partition coefficient (Wildman–Crippen LogP) is 4.94. The highest BCUT2D eigenvalue weighted by Crippen LogP contribution is 2.35. The maximum atomic E-state index is 6.39. The molecule has 0 spiro atoms. The molecule has 1 aromatic carbocycles. The molecule has 0 N–H and O–H groups in total. The summed E-state index contributed by atoms with van der Waals surface area (Å²) in [6, 6.07) is 5.65. The van der Waals surface area contributed by atoms with Crippen LogP contribution >= 0.6 is 23.2 Å². The van der Waals surface area contributed by atoms with Gasteiger partial charge in [0.15, 0.2) is 11.5 Å². The molecule has 0 unspecified atom stereocenters. The Kier molecular flexibility index (Phi) is 4.10. The monoisotopic (exact) mass is 360 g/mol. The van der Waals surface area contributed by atoms with E-state index in [9.17, 15) is 0 Å². The molecule has 24 heavy (non-hydrogen) atoms.